The number of hydrogen-bond acceptors (Lipinski definition) is 3. The molecular formula is C16H28N2O2. The Morgan fingerprint density at radius 2 is 2.00 bits per heavy atom. The first-order valence-electron chi connectivity index (χ1n) is 7.58. The molecule has 0 spiro atoms. The molecular weight excluding hydrogens is 252 g/mol. The van der Waals surface area contributed by atoms with E-state index in [1.54, 1.807) is 0 Å². The zero-order valence-corrected chi connectivity index (χ0v) is 13.3. The van der Waals surface area contributed by atoms with Crippen LogP contribution in [0.2, 0.25) is 0 Å². The Balaban J connectivity index is 2.78. The molecule has 0 amide bonds. The van der Waals surface area contributed by atoms with Crippen LogP contribution in [0.1, 0.15) is 48.4 Å². The van der Waals surface area contributed by atoms with Gasteiger partial charge in [-0.1, -0.05) is 13.3 Å². The van der Waals surface area contributed by atoms with Crippen LogP contribution in [0.5, 0.6) is 0 Å². The maximum absolute atomic E-state index is 12.5. The quantitative estimate of drug-likeness (QED) is 0.707. The molecule has 0 bridgehead atoms. The number of hydrogen-bond donors (Lipinski definition) is 1. The first-order valence-corrected chi connectivity index (χ1v) is 7.58. The Hall–Kier alpha value is -1.13. The van der Waals surface area contributed by atoms with E-state index in [1.807, 2.05) is 24.8 Å². The Kier molecular flexibility index (Phi) is 6.96. The summed E-state index contributed by atoms with van der Waals surface area (Å²) in [4.78, 5) is 14.5. The van der Waals surface area contributed by atoms with Crippen LogP contribution in [0.15, 0.2) is 6.07 Å². The highest BCUT2D eigenvalue weighted by Crippen LogP contribution is 2.16. The summed E-state index contributed by atoms with van der Waals surface area (Å²) in [6, 6.07) is 1.98. The van der Waals surface area contributed by atoms with E-state index in [9.17, 15) is 4.79 Å². The lowest BCUT2D eigenvalue weighted by Crippen LogP contribution is -2.33. The number of nitrogens with zero attached hydrogens (tertiary/aromatic N) is 2. The van der Waals surface area contributed by atoms with Gasteiger partial charge in [-0.05, 0) is 39.8 Å². The number of aryl methyl sites for hydroxylation is 1. The van der Waals surface area contributed by atoms with E-state index in [4.69, 9.17) is 5.11 Å². The number of aromatic nitrogens is 1. The number of carbonyl (C=O) groups excluding carboxylic acids is 1. The third kappa shape index (κ3) is 4.18. The first kappa shape index (κ1) is 16.9. The van der Waals surface area contributed by atoms with E-state index in [0.29, 0.717) is 13.1 Å². The van der Waals surface area contributed by atoms with Crippen LogP contribution in [0.4, 0.5) is 0 Å². The predicted octanol–water partition coefficient (Wildman–Crippen LogP) is 2.40. The third-order valence-corrected chi connectivity index (χ3v) is 3.80. The SMILES string of the molecule is CCCCN(CCO)CC(=O)c1cc(C)n(CC)c1C. The number of carbonyl (C=O) groups is 1. The average molecular weight is 280 g/mol. The van der Waals surface area contributed by atoms with Gasteiger partial charge in [0.1, 0.15) is 0 Å². The minimum Gasteiger partial charge on any atom is -0.395 e. The number of aliphatic hydroxyl groups excluding tert-OH is 1. The van der Waals surface area contributed by atoms with Gasteiger partial charge in [0.05, 0.1) is 13.2 Å². The zero-order valence-electron chi connectivity index (χ0n) is 13.3. The molecule has 0 fully saturated rings. The van der Waals surface area contributed by atoms with Crippen molar-refractivity contribution in [2.45, 2.75) is 47.1 Å². The van der Waals surface area contributed by atoms with E-state index < -0.39 is 0 Å². The van der Waals surface area contributed by atoms with Crippen molar-refractivity contribution < 1.29 is 9.90 Å². The molecule has 1 heterocycles. The normalized spacial score (nSPS) is 11.3. The Morgan fingerprint density at radius 3 is 2.50 bits per heavy atom. The van der Waals surface area contributed by atoms with Gasteiger partial charge in [0.2, 0.25) is 0 Å². The molecule has 0 aliphatic carbocycles. The molecule has 0 radical (unpaired) electrons. The van der Waals surface area contributed by atoms with Gasteiger partial charge in [0.25, 0.3) is 0 Å². The van der Waals surface area contributed by atoms with Gasteiger partial charge in [-0.15, -0.1) is 0 Å². The van der Waals surface area contributed by atoms with E-state index in [-0.39, 0.29) is 12.4 Å². The second-order valence-electron chi connectivity index (χ2n) is 5.31. The van der Waals surface area contributed by atoms with Crippen LogP contribution >= 0.6 is 0 Å². The summed E-state index contributed by atoms with van der Waals surface area (Å²) in [6.07, 6.45) is 2.15. The molecule has 4 heteroatoms. The zero-order chi connectivity index (χ0) is 15.1. The van der Waals surface area contributed by atoms with Crippen molar-refractivity contribution in [2.24, 2.45) is 0 Å². The van der Waals surface area contributed by atoms with E-state index >= 15 is 0 Å². The topological polar surface area (TPSA) is 45.5 Å². The van der Waals surface area contributed by atoms with Gasteiger partial charge in [-0.3, -0.25) is 9.69 Å². The van der Waals surface area contributed by atoms with Crippen molar-refractivity contribution >= 4 is 5.78 Å². The second kappa shape index (κ2) is 8.22. The smallest absolute Gasteiger partial charge is 0.178 e. The molecule has 1 rings (SSSR count). The maximum atomic E-state index is 12.5. The van der Waals surface area contributed by atoms with Crippen molar-refractivity contribution in [3.8, 4) is 0 Å². The van der Waals surface area contributed by atoms with Crippen LogP contribution in [0.3, 0.4) is 0 Å². The molecule has 1 N–H and O–H groups in total. The van der Waals surface area contributed by atoms with Crippen LogP contribution in [0, 0.1) is 13.8 Å². The van der Waals surface area contributed by atoms with Gasteiger partial charge < -0.3 is 9.67 Å². The van der Waals surface area contributed by atoms with E-state index in [1.165, 1.54) is 0 Å². The van der Waals surface area contributed by atoms with Gasteiger partial charge in [0, 0.05) is 30.0 Å². The van der Waals surface area contributed by atoms with Crippen molar-refractivity contribution in [1.82, 2.24) is 9.47 Å². The summed E-state index contributed by atoms with van der Waals surface area (Å²) in [5.74, 6) is 0.155. The van der Waals surface area contributed by atoms with Crippen molar-refractivity contribution in [3.05, 3.63) is 23.0 Å². The summed E-state index contributed by atoms with van der Waals surface area (Å²) >= 11 is 0. The molecule has 114 valence electrons. The highest BCUT2D eigenvalue weighted by molar-refractivity contribution is 5.99. The van der Waals surface area contributed by atoms with Gasteiger partial charge in [0.15, 0.2) is 5.78 Å². The fourth-order valence-corrected chi connectivity index (χ4v) is 2.65. The van der Waals surface area contributed by atoms with Crippen molar-refractivity contribution in [2.75, 3.05) is 26.2 Å². The van der Waals surface area contributed by atoms with Gasteiger partial charge in [-0.25, -0.2) is 0 Å². The largest absolute Gasteiger partial charge is 0.395 e. The van der Waals surface area contributed by atoms with Gasteiger partial charge >= 0.3 is 0 Å². The highest BCUT2D eigenvalue weighted by Gasteiger charge is 2.17. The molecule has 1 aromatic rings. The molecule has 4 nitrogen and oxygen atoms in total. The molecule has 0 aromatic carbocycles. The molecule has 0 atom stereocenters. The summed E-state index contributed by atoms with van der Waals surface area (Å²) in [7, 11) is 0. The fourth-order valence-electron chi connectivity index (χ4n) is 2.65. The first-order chi connectivity index (χ1) is 9.54. The molecule has 0 saturated heterocycles. The molecule has 0 aliphatic heterocycles. The highest BCUT2D eigenvalue weighted by atomic mass is 16.3. The third-order valence-electron chi connectivity index (χ3n) is 3.80. The number of ketones is 1. The lowest BCUT2D eigenvalue weighted by molar-refractivity contribution is 0.0913. The minimum atomic E-state index is 0.102. The molecule has 20 heavy (non-hydrogen) atoms. The summed E-state index contributed by atoms with van der Waals surface area (Å²) in [6.45, 7) is 11.1. The second-order valence-corrected chi connectivity index (χ2v) is 5.31. The number of rotatable bonds is 9. The Bertz CT molecular complexity index is 438. The fraction of sp³-hybridized carbons (Fsp3) is 0.688. The molecule has 0 unspecified atom stereocenters. The Morgan fingerprint density at radius 1 is 1.30 bits per heavy atom. The van der Waals surface area contributed by atoms with E-state index in [2.05, 4.69) is 18.4 Å². The van der Waals surface area contributed by atoms with Crippen molar-refractivity contribution in [3.63, 3.8) is 0 Å². The minimum absolute atomic E-state index is 0.102. The number of unbranched alkanes of at least 4 members (excludes halogenated alkanes) is 1. The van der Waals surface area contributed by atoms with Gasteiger partial charge in [-0.2, -0.15) is 0 Å². The number of aliphatic hydroxyl groups is 1. The standard InChI is InChI=1S/C16H28N2O2/c1-5-7-8-17(9-10-19)12-16(20)15-11-13(3)18(6-2)14(15)4/h11,19H,5-10,12H2,1-4H3. The predicted molar refractivity (Wildman–Crippen MR) is 82.3 cm³/mol. The summed E-state index contributed by atoms with van der Waals surface area (Å²) < 4.78 is 2.16. The summed E-state index contributed by atoms with van der Waals surface area (Å²) in [5.41, 5.74) is 3.01. The average Bonchev–Trinajstić information content (AvgIpc) is 2.71. The van der Waals surface area contributed by atoms with Crippen LogP contribution in [-0.2, 0) is 6.54 Å². The lowest BCUT2D eigenvalue weighted by atomic mass is 10.1. The molecule has 0 aliphatic rings. The lowest BCUT2D eigenvalue weighted by Gasteiger charge is -2.20. The molecule has 1 aromatic heterocycles. The Labute approximate surface area is 122 Å². The van der Waals surface area contributed by atoms with Crippen molar-refractivity contribution in [1.29, 1.82) is 0 Å². The van der Waals surface area contributed by atoms with E-state index in [0.717, 1.165) is 42.9 Å². The monoisotopic (exact) mass is 280 g/mol. The van der Waals surface area contributed by atoms with Crippen LogP contribution < -0.4 is 0 Å². The van der Waals surface area contributed by atoms with Crippen LogP contribution in [-0.4, -0.2) is 46.6 Å². The number of Topliss-reactive ketones (excluding diaryl/α,β-unsaturated/α-hetero) is 1. The van der Waals surface area contributed by atoms with Crippen LogP contribution in [0.25, 0.3) is 0 Å². The summed E-state index contributed by atoms with van der Waals surface area (Å²) in [5, 5.41) is 9.10. The molecule has 0 saturated carbocycles. The maximum Gasteiger partial charge on any atom is 0.178 e.